The van der Waals surface area contributed by atoms with Gasteiger partial charge in [0.25, 0.3) is 0 Å². The second kappa shape index (κ2) is 16.9. The Morgan fingerprint density at radius 3 is 0.800 bits per heavy atom. The van der Waals surface area contributed by atoms with Crippen LogP contribution in [0.1, 0.15) is 128 Å². The molecular weight excluding hydrogens is 809 g/mol. The van der Waals surface area contributed by atoms with Gasteiger partial charge in [0.1, 0.15) is 11.5 Å². The maximum atomic E-state index is 12.4. The molecule has 0 aromatic heterocycles. The number of rotatable bonds is 4. The second-order valence-corrected chi connectivity index (χ2v) is 24.6. The summed E-state index contributed by atoms with van der Waals surface area (Å²) >= 11 is 6.67. The third-order valence-electron chi connectivity index (χ3n) is 11.2. The molecule has 0 saturated carbocycles. The minimum Gasteiger partial charge on any atom is -0.506 e. The summed E-state index contributed by atoms with van der Waals surface area (Å²) in [5.41, 5.74) is 9.17. The first-order chi connectivity index (χ1) is 28.0. The van der Waals surface area contributed by atoms with Crippen molar-refractivity contribution in [2.24, 2.45) is 0 Å². The molecule has 6 heteroatoms. The molecule has 6 aromatic rings. The third-order valence-corrected chi connectivity index (χ3v) is 15.7. The van der Waals surface area contributed by atoms with Crippen LogP contribution in [0.4, 0.5) is 0 Å². The topological polar surface area (TPSA) is 40.5 Å². The van der Waals surface area contributed by atoms with E-state index in [2.05, 4.69) is 192 Å². The van der Waals surface area contributed by atoms with Crippen molar-refractivity contribution in [3.8, 4) is 11.5 Å². The fourth-order valence-corrected chi connectivity index (χ4v) is 12.0. The SMILES string of the molecule is CC(C)(C)c1cc2c(O)c(c1)Sc1cc(C(C)(C)C)cc(c1Cc1ccccc1)Sc1cc(C(C)(C)C)cc(c1Cc1ccccc1)Sc1cc(C(C)(C)C)cc(c1O)S2. The lowest BCUT2D eigenvalue weighted by Crippen LogP contribution is -2.13. The molecule has 0 atom stereocenters. The van der Waals surface area contributed by atoms with Crippen LogP contribution in [0.25, 0.3) is 0 Å². The number of hydrogen-bond donors (Lipinski definition) is 2. The van der Waals surface area contributed by atoms with Gasteiger partial charge in [-0.1, -0.05) is 191 Å². The highest BCUT2D eigenvalue weighted by Gasteiger charge is 2.29. The van der Waals surface area contributed by atoms with Gasteiger partial charge in [0.2, 0.25) is 0 Å². The Kier molecular flexibility index (Phi) is 12.5. The molecule has 0 spiro atoms. The highest BCUT2D eigenvalue weighted by atomic mass is 32.2. The van der Waals surface area contributed by atoms with Gasteiger partial charge in [0.15, 0.2) is 0 Å². The number of aromatic hydroxyl groups is 2. The molecule has 1 aliphatic rings. The summed E-state index contributed by atoms with van der Waals surface area (Å²) in [7, 11) is 0. The van der Waals surface area contributed by atoms with Crippen molar-refractivity contribution in [1.29, 1.82) is 0 Å². The van der Waals surface area contributed by atoms with Crippen molar-refractivity contribution in [3.63, 3.8) is 0 Å². The number of hydrogen-bond acceptors (Lipinski definition) is 6. The van der Waals surface area contributed by atoms with Crippen LogP contribution < -0.4 is 0 Å². The average molecular weight is 869 g/mol. The van der Waals surface area contributed by atoms with Gasteiger partial charge in [-0.25, -0.2) is 0 Å². The second-order valence-electron chi connectivity index (χ2n) is 20.3. The molecule has 0 fully saturated rings. The number of phenols is 2. The Morgan fingerprint density at radius 2 is 0.550 bits per heavy atom. The number of fused-ring (bicyclic) bond motifs is 8. The smallest absolute Gasteiger partial charge is 0.143 e. The molecule has 312 valence electrons. The van der Waals surface area contributed by atoms with E-state index in [0.29, 0.717) is 0 Å². The van der Waals surface area contributed by atoms with Crippen LogP contribution in [0.3, 0.4) is 0 Å². The molecule has 0 saturated heterocycles. The average Bonchev–Trinajstić information content (AvgIpc) is 3.15. The van der Waals surface area contributed by atoms with Gasteiger partial charge in [0, 0.05) is 19.6 Å². The normalized spacial score (nSPS) is 13.7. The Labute approximate surface area is 376 Å². The summed E-state index contributed by atoms with van der Waals surface area (Å²) in [5, 5.41) is 24.8. The van der Waals surface area contributed by atoms with E-state index in [9.17, 15) is 10.2 Å². The molecule has 1 aliphatic heterocycles. The van der Waals surface area contributed by atoms with Gasteiger partial charge in [-0.15, -0.1) is 0 Å². The maximum absolute atomic E-state index is 12.4. The van der Waals surface area contributed by atoms with Crippen molar-refractivity contribution >= 4 is 47.0 Å². The molecule has 60 heavy (non-hydrogen) atoms. The first kappa shape index (κ1) is 44.4. The summed E-state index contributed by atoms with van der Waals surface area (Å²) in [6.07, 6.45) is 1.50. The van der Waals surface area contributed by atoms with Crippen molar-refractivity contribution < 1.29 is 10.2 Å². The van der Waals surface area contributed by atoms with Crippen LogP contribution in [0.15, 0.2) is 148 Å². The fourth-order valence-electron chi connectivity index (χ4n) is 7.23. The standard InChI is InChI=1S/C54H60O2S4/c1-51(2,3)35-25-41-39(23-33-19-15-13-16-20-33)43(27-35)58-45-29-37(53(7,8)9)31-47(49(45)55)60-48-32-38(54(10,11)12)30-46(50(48)56)59-44-28-36(52(4,5)6)26-42(57-41)40(44)24-34-21-17-14-18-22-34/h13-22,25-32,55-56H,23-24H2,1-12H3. The Hall–Kier alpha value is -3.68. The summed E-state index contributed by atoms with van der Waals surface area (Å²) in [6, 6.07) is 39.8. The van der Waals surface area contributed by atoms with Crippen molar-refractivity contribution in [2.75, 3.05) is 0 Å². The minimum absolute atomic E-state index is 0.126. The molecular formula is C54H60O2S4. The van der Waals surface area contributed by atoms with Gasteiger partial charge in [-0.05, 0) is 128 Å². The highest BCUT2D eigenvalue weighted by molar-refractivity contribution is 8.01. The highest BCUT2D eigenvalue weighted by Crippen LogP contribution is 2.53. The predicted octanol–water partition coefficient (Wildman–Crippen LogP) is 16.4. The lowest BCUT2D eigenvalue weighted by Gasteiger charge is -2.28. The fraction of sp³-hybridized carbons (Fsp3) is 0.333. The van der Waals surface area contributed by atoms with E-state index in [1.54, 1.807) is 23.5 Å². The zero-order chi connectivity index (χ0) is 43.4. The molecule has 0 aliphatic carbocycles. The molecule has 2 N–H and O–H groups in total. The first-order valence-electron chi connectivity index (χ1n) is 20.9. The van der Waals surface area contributed by atoms with E-state index in [1.807, 2.05) is 11.8 Å². The summed E-state index contributed by atoms with van der Waals surface area (Å²) in [4.78, 5) is 7.83. The van der Waals surface area contributed by atoms with Gasteiger partial charge in [-0.2, -0.15) is 0 Å². The quantitative estimate of drug-likeness (QED) is 0.184. The molecule has 8 bridgehead atoms. The van der Waals surface area contributed by atoms with E-state index >= 15 is 0 Å². The molecule has 1 heterocycles. The largest absolute Gasteiger partial charge is 0.506 e. The van der Waals surface area contributed by atoms with Gasteiger partial charge >= 0.3 is 0 Å². The summed E-state index contributed by atoms with van der Waals surface area (Å²) < 4.78 is 0. The Bertz CT molecular complexity index is 2350. The van der Waals surface area contributed by atoms with Crippen LogP contribution in [0.5, 0.6) is 11.5 Å². The van der Waals surface area contributed by atoms with E-state index in [1.165, 1.54) is 54.9 Å². The van der Waals surface area contributed by atoms with Crippen LogP contribution in [-0.4, -0.2) is 10.2 Å². The van der Waals surface area contributed by atoms with Gasteiger partial charge in [0.05, 0.1) is 19.6 Å². The zero-order valence-corrected chi connectivity index (χ0v) is 40.6. The lowest BCUT2D eigenvalue weighted by atomic mass is 9.86. The van der Waals surface area contributed by atoms with Gasteiger partial charge in [-0.3, -0.25) is 0 Å². The molecule has 0 amide bonds. The number of phenolic OH excluding ortho intramolecular Hbond substituents is 2. The van der Waals surface area contributed by atoms with Crippen LogP contribution >= 0.6 is 47.0 Å². The Balaban J connectivity index is 1.61. The maximum Gasteiger partial charge on any atom is 0.143 e. The Morgan fingerprint density at radius 1 is 0.333 bits per heavy atom. The molecule has 0 radical (unpaired) electrons. The van der Waals surface area contributed by atoms with Gasteiger partial charge < -0.3 is 10.2 Å². The third kappa shape index (κ3) is 9.99. The minimum atomic E-state index is -0.181. The number of benzene rings is 6. The molecule has 7 rings (SSSR count). The summed E-state index contributed by atoms with van der Waals surface area (Å²) in [6.45, 7) is 27.1. The van der Waals surface area contributed by atoms with Crippen LogP contribution in [0, 0.1) is 0 Å². The van der Waals surface area contributed by atoms with Crippen molar-refractivity contribution in [3.05, 3.63) is 154 Å². The lowest BCUT2D eigenvalue weighted by molar-refractivity contribution is 0.444. The van der Waals surface area contributed by atoms with Crippen LogP contribution in [0.2, 0.25) is 0 Å². The van der Waals surface area contributed by atoms with Crippen molar-refractivity contribution in [2.45, 2.75) is 157 Å². The van der Waals surface area contributed by atoms with E-state index in [4.69, 9.17) is 0 Å². The molecule has 6 aromatic carbocycles. The van der Waals surface area contributed by atoms with Crippen LogP contribution in [-0.2, 0) is 34.5 Å². The monoisotopic (exact) mass is 868 g/mol. The zero-order valence-electron chi connectivity index (χ0n) is 37.3. The van der Waals surface area contributed by atoms with E-state index < -0.39 is 0 Å². The van der Waals surface area contributed by atoms with Crippen molar-refractivity contribution in [1.82, 2.24) is 0 Å². The predicted molar refractivity (Wildman–Crippen MR) is 259 cm³/mol. The van der Waals surface area contributed by atoms with E-state index in [0.717, 1.165) is 53.3 Å². The van der Waals surface area contributed by atoms with E-state index in [-0.39, 0.29) is 33.2 Å². The first-order valence-corrected chi connectivity index (χ1v) is 24.2. The summed E-state index contributed by atoms with van der Waals surface area (Å²) in [5.74, 6) is 0.483. The molecule has 0 unspecified atom stereocenters. The molecule has 2 nitrogen and oxygen atoms in total.